The maximum absolute atomic E-state index is 11.3. The van der Waals surface area contributed by atoms with Crippen LogP contribution in [0.5, 0.6) is 0 Å². The minimum atomic E-state index is -0.140. The van der Waals surface area contributed by atoms with Crippen molar-refractivity contribution < 1.29 is 9.53 Å². The van der Waals surface area contributed by atoms with Gasteiger partial charge in [-0.05, 0) is 25.7 Å². The lowest BCUT2D eigenvalue weighted by Gasteiger charge is -2.21. The van der Waals surface area contributed by atoms with Crippen LogP contribution in [0, 0.1) is 0 Å². The van der Waals surface area contributed by atoms with E-state index in [1.165, 1.54) is 19.3 Å². The van der Waals surface area contributed by atoms with E-state index in [0.717, 1.165) is 12.8 Å². The van der Waals surface area contributed by atoms with Gasteiger partial charge in [0.15, 0.2) is 0 Å². The Bertz CT molecular complexity index is 186. The Morgan fingerprint density at radius 1 is 1.43 bits per heavy atom. The van der Waals surface area contributed by atoms with Crippen LogP contribution in [0.2, 0.25) is 0 Å². The predicted octanol–water partition coefficient (Wildman–Crippen LogP) is 1.64. The molecule has 1 saturated carbocycles. The molecule has 0 aliphatic heterocycles. The fraction of sp³-hybridized carbons (Fsp3) is 0.727. The minimum Gasteiger partial charge on any atom is -0.461 e. The van der Waals surface area contributed by atoms with E-state index in [-0.39, 0.29) is 12.1 Å². The van der Waals surface area contributed by atoms with Gasteiger partial charge >= 0.3 is 5.97 Å². The Balaban J connectivity index is 2.09. The molecular formula is C11H19NO2. The monoisotopic (exact) mass is 197 g/mol. The number of ether oxygens (including phenoxy) is 1. The summed E-state index contributed by atoms with van der Waals surface area (Å²) < 4.78 is 5.30. The van der Waals surface area contributed by atoms with Crippen molar-refractivity contribution in [3.8, 4) is 0 Å². The fourth-order valence-corrected chi connectivity index (χ4v) is 1.69. The summed E-state index contributed by atoms with van der Waals surface area (Å²) in [6.07, 6.45) is 7.63. The first-order valence-electron chi connectivity index (χ1n) is 5.34. The second-order valence-electron chi connectivity index (χ2n) is 3.67. The summed E-state index contributed by atoms with van der Waals surface area (Å²) in [4.78, 5) is 11.3. The zero-order valence-electron chi connectivity index (χ0n) is 8.63. The van der Waals surface area contributed by atoms with Gasteiger partial charge in [-0.1, -0.05) is 12.5 Å². The van der Waals surface area contributed by atoms with Crippen molar-refractivity contribution in [2.75, 3.05) is 13.1 Å². The molecule has 0 atom stereocenters. The zero-order chi connectivity index (χ0) is 10.2. The van der Waals surface area contributed by atoms with Crippen LogP contribution >= 0.6 is 0 Å². The molecule has 0 amide bonds. The van der Waals surface area contributed by atoms with Crippen molar-refractivity contribution in [1.82, 2.24) is 5.32 Å². The van der Waals surface area contributed by atoms with E-state index in [1.54, 1.807) is 6.08 Å². The van der Waals surface area contributed by atoms with E-state index >= 15 is 0 Å². The van der Waals surface area contributed by atoms with E-state index in [1.807, 2.05) is 0 Å². The van der Waals surface area contributed by atoms with E-state index in [0.29, 0.717) is 13.1 Å². The van der Waals surface area contributed by atoms with Crippen molar-refractivity contribution >= 4 is 5.97 Å². The normalized spacial score (nSPS) is 17.7. The summed E-state index contributed by atoms with van der Waals surface area (Å²) in [6.45, 7) is 4.51. The summed E-state index contributed by atoms with van der Waals surface area (Å²) in [5.41, 5.74) is 0. The first-order valence-corrected chi connectivity index (χ1v) is 5.34. The molecule has 0 spiro atoms. The van der Waals surface area contributed by atoms with Gasteiger partial charge in [0.1, 0.15) is 6.10 Å². The predicted molar refractivity (Wildman–Crippen MR) is 56.0 cm³/mol. The Morgan fingerprint density at radius 3 is 2.79 bits per heavy atom. The third-order valence-electron chi connectivity index (χ3n) is 2.41. The third kappa shape index (κ3) is 4.42. The Kier molecular flexibility index (Phi) is 5.30. The fourth-order valence-electron chi connectivity index (χ4n) is 1.69. The molecular weight excluding hydrogens is 178 g/mol. The van der Waals surface area contributed by atoms with Crippen molar-refractivity contribution in [3.05, 3.63) is 12.7 Å². The van der Waals surface area contributed by atoms with E-state index < -0.39 is 0 Å². The molecule has 1 fully saturated rings. The first kappa shape index (κ1) is 11.2. The van der Waals surface area contributed by atoms with Crippen LogP contribution in [0.15, 0.2) is 12.7 Å². The Labute approximate surface area is 85.5 Å². The number of nitrogens with one attached hydrogen (secondary N) is 1. The average molecular weight is 197 g/mol. The number of carbonyl (C=O) groups is 1. The van der Waals surface area contributed by atoms with Gasteiger partial charge in [-0.25, -0.2) is 0 Å². The van der Waals surface area contributed by atoms with Gasteiger partial charge in [0.2, 0.25) is 0 Å². The highest BCUT2D eigenvalue weighted by Gasteiger charge is 2.16. The van der Waals surface area contributed by atoms with Crippen LogP contribution in [0.25, 0.3) is 0 Å². The SMILES string of the molecule is C=CCNCC(=O)OC1CCCCC1. The summed E-state index contributed by atoms with van der Waals surface area (Å²) in [5.74, 6) is -0.140. The number of hydrogen-bond acceptors (Lipinski definition) is 3. The van der Waals surface area contributed by atoms with Gasteiger partial charge in [-0.3, -0.25) is 4.79 Å². The highest BCUT2D eigenvalue weighted by Crippen LogP contribution is 2.20. The molecule has 1 rings (SSSR count). The molecule has 3 nitrogen and oxygen atoms in total. The summed E-state index contributed by atoms with van der Waals surface area (Å²) in [6, 6.07) is 0. The lowest BCUT2D eigenvalue weighted by Crippen LogP contribution is -2.29. The Morgan fingerprint density at radius 2 is 2.14 bits per heavy atom. The summed E-state index contributed by atoms with van der Waals surface area (Å²) in [5, 5.41) is 2.93. The van der Waals surface area contributed by atoms with Gasteiger partial charge in [-0.15, -0.1) is 6.58 Å². The second-order valence-corrected chi connectivity index (χ2v) is 3.67. The van der Waals surface area contributed by atoms with Crippen LogP contribution < -0.4 is 5.32 Å². The minimum absolute atomic E-state index is 0.140. The van der Waals surface area contributed by atoms with Crippen molar-refractivity contribution in [1.29, 1.82) is 0 Å². The molecule has 3 heteroatoms. The lowest BCUT2D eigenvalue weighted by atomic mass is 9.98. The van der Waals surface area contributed by atoms with Crippen LogP contribution in [-0.2, 0) is 9.53 Å². The van der Waals surface area contributed by atoms with Crippen LogP contribution in [0.3, 0.4) is 0 Å². The van der Waals surface area contributed by atoms with Crippen LogP contribution in [0.4, 0.5) is 0 Å². The summed E-state index contributed by atoms with van der Waals surface area (Å²) in [7, 11) is 0. The molecule has 0 aromatic heterocycles. The van der Waals surface area contributed by atoms with Crippen LogP contribution in [-0.4, -0.2) is 25.2 Å². The molecule has 0 saturated heterocycles. The Hall–Kier alpha value is -0.830. The number of hydrogen-bond donors (Lipinski definition) is 1. The molecule has 0 aromatic carbocycles. The van der Waals surface area contributed by atoms with Crippen molar-refractivity contribution in [2.24, 2.45) is 0 Å². The number of carbonyl (C=O) groups excluding carboxylic acids is 1. The molecule has 14 heavy (non-hydrogen) atoms. The molecule has 0 unspecified atom stereocenters. The second kappa shape index (κ2) is 6.60. The quantitative estimate of drug-likeness (QED) is 0.413. The van der Waals surface area contributed by atoms with E-state index in [2.05, 4.69) is 11.9 Å². The van der Waals surface area contributed by atoms with Gasteiger partial charge in [-0.2, -0.15) is 0 Å². The van der Waals surface area contributed by atoms with Crippen molar-refractivity contribution in [3.63, 3.8) is 0 Å². The maximum atomic E-state index is 11.3. The van der Waals surface area contributed by atoms with E-state index in [9.17, 15) is 4.79 Å². The average Bonchev–Trinajstić information content (AvgIpc) is 2.20. The molecule has 1 aliphatic rings. The lowest BCUT2D eigenvalue weighted by molar-refractivity contribution is -0.149. The highest BCUT2D eigenvalue weighted by atomic mass is 16.5. The number of rotatable bonds is 5. The molecule has 0 heterocycles. The largest absolute Gasteiger partial charge is 0.461 e. The molecule has 0 radical (unpaired) electrons. The maximum Gasteiger partial charge on any atom is 0.320 e. The van der Waals surface area contributed by atoms with E-state index in [4.69, 9.17) is 4.74 Å². The molecule has 1 aliphatic carbocycles. The number of esters is 1. The van der Waals surface area contributed by atoms with Gasteiger partial charge in [0, 0.05) is 6.54 Å². The molecule has 0 bridgehead atoms. The third-order valence-corrected chi connectivity index (χ3v) is 2.41. The first-order chi connectivity index (χ1) is 6.83. The zero-order valence-corrected chi connectivity index (χ0v) is 8.63. The molecule has 1 N–H and O–H groups in total. The highest BCUT2D eigenvalue weighted by molar-refractivity contribution is 5.71. The standard InChI is InChI=1S/C11H19NO2/c1-2-8-12-9-11(13)14-10-6-4-3-5-7-10/h2,10,12H,1,3-9H2. The van der Waals surface area contributed by atoms with Crippen LogP contribution in [0.1, 0.15) is 32.1 Å². The van der Waals surface area contributed by atoms with Gasteiger partial charge in [0.25, 0.3) is 0 Å². The van der Waals surface area contributed by atoms with Gasteiger partial charge < -0.3 is 10.1 Å². The smallest absolute Gasteiger partial charge is 0.320 e. The van der Waals surface area contributed by atoms with Crippen molar-refractivity contribution in [2.45, 2.75) is 38.2 Å². The van der Waals surface area contributed by atoms with Gasteiger partial charge in [0.05, 0.1) is 6.54 Å². The topological polar surface area (TPSA) is 38.3 Å². The molecule has 80 valence electrons. The summed E-state index contributed by atoms with van der Waals surface area (Å²) >= 11 is 0. The molecule has 0 aromatic rings.